The van der Waals surface area contributed by atoms with Crippen LogP contribution in [0.1, 0.15) is 21.5 Å². The normalized spacial score (nSPS) is 14.0. The van der Waals surface area contributed by atoms with Crippen LogP contribution in [-0.2, 0) is 4.79 Å². The first-order valence-electron chi connectivity index (χ1n) is 10.4. The minimum Gasteiger partial charge on any atom is -0.338 e. The summed E-state index contributed by atoms with van der Waals surface area (Å²) < 4.78 is 2.04. The van der Waals surface area contributed by atoms with E-state index in [2.05, 4.69) is 31.0 Å². The highest BCUT2D eigenvalue weighted by atomic mass is 32.2. The summed E-state index contributed by atoms with van der Waals surface area (Å²) in [6.07, 6.45) is 3.70. The largest absolute Gasteiger partial charge is 0.338 e. The number of benzene rings is 2. The van der Waals surface area contributed by atoms with E-state index in [1.54, 1.807) is 6.20 Å². The molecule has 0 N–H and O–H groups in total. The van der Waals surface area contributed by atoms with Crippen molar-refractivity contribution in [2.75, 3.05) is 31.9 Å². The van der Waals surface area contributed by atoms with E-state index in [0.29, 0.717) is 37.5 Å². The molecule has 0 spiro atoms. The van der Waals surface area contributed by atoms with Gasteiger partial charge in [0.05, 0.1) is 11.4 Å². The van der Waals surface area contributed by atoms with Gasteiger partial charge < -0.3 is 9.80 Å². The molecule has 31 heavy (non-hydrogen) atoms. The van der Waals surface area contributed by atoms with Crippen molar-refractivity contribution in [1.29, 1.82) is 0 Å². The van der Waals surface area contributed by atoms with Crippen molar-refractivity contribution in [1.82, 2.24) is 19.4 Å². The standard InChI is InChI=1S/C24H26N4O2S/c1-18-7-6-10-21(19(18)2)28-12-11-25-24(28)31-17-22(29)26-13-15-27(16-14-26)23(30)20-8-4-3-5-9-20/h3-12H,13-17H2,1-2H3. The second kappa shape index (κ2) is 9.39. The number of amides is 2. The van der Waals surface area contributed by atoms with Gasteiger partial charge >= 0.3 is 0 Å². The van der Waals surface area contributed by atoms with Gasteiger partial charge in [-0.3, -0.25) is 14.2 Å². The van der Waals surface area contributed by atoms with E-state index < -0.39 is 0 Å². The summed E-state index contributed by atoms with van der Waals surface area (Å²) in [6.45, 7) is 6.42. The monoisotopic (exact) mass is 434 g/mol. The van der Waals surface area contributed by atoms with Crippen LogP contribution in [0.5, 0.6) is 0 Å². The Labute approximate surface area is 186 Å². The number of piperazine rings is 1. The highest BCUT2D eigenvalue weighted by Crippen LogP contribution is 2.24. The zero-order valence-electron chi connectivity index (χ0n) is 17.8. The van der Waals surface area contributed by atoms with Gasteiger partial charge in [0.25, 0.3) is 5.91 Å². The number of nitrogens with zero attached hydrogens (tertiary/aromatic N) is 4. The second-order valence-corrected chi connectivity index (χ2v) is 8.57. The predicted molar refractivity (Wildman–Crippen MR) is 123 cm³/mol. The molecule has 1 fully saturated rings. The van der Waals surface area contributed by atoms with Gasteiger partial charge in [0.15, 0.2) is 5.16 Å². The molecule has 2 amide bonds. The lowest BCUT2D eigenvalue weighted by Crippen LogP contribution is -2.51. The third kappa shape index (κ3) is 4.66. The van der Waals surface area contributed by atoms with Crippen LogP contribution in [0, 0.1) is 13.8 Å². The molecular formula is C24H26N4O2S. The van der Waals surface area contributed by atoms with Gasteiger partial charge in [-0.1, -0.05) is 42.1 Å². The minimum atomic E-state index is 0.0256. The van der Waals surface area contributed by atoms with Crippen LogP contribution >= 0.6 is 11.8 Å². The maximum atomic E-state index is 12.8. The van der Waals surface area contributed by atoms with Crippen LogP contribution in [-0.4, -0.2) is 63.1 Å². The van der Waals surface area contributed by atoms with Crippen molar-refractivity contribution in [2.45, 2.75) is 19.0 Å². The molecule has 1 saturated heterocycles. The van der Waals surface area contributed by atoms with Gasteiger partial charge in [0, 0.05) is 44.1 Å². The summed E-state index contributed by atoms with van der Waals surface area (Å²) in [5.74, 6) is 0.430. The first kappa shape index (κ1) is 21.2. The van der Waals surface area contributed by atoms with Crippen molar-refractivity contribution >= 4 is 23.6 Å². The fourth-order valence-electron chi connectivity index (χ4n) is 3.72. The average Bonchev–Trinajstić information content (AvgIpc) is 3.28. The van der Waals surface area contributed by atoms with Gasteiger partial charge in [0.1, 0.15) is 0 Å². The predicted octanol–water partition coefficient (Wildman–Crippen LogP) is 3.57. The lowest BCUT2D eigenvalue weighted by molar-refractivity contribution is -0.129. The highest BCUT2D eigenvalue weighted by molar-refractivity contribution is 7.99. The summed E-state index contributed by atoms with van der Waals surface area (Å²) in [7, 11) is 0. The Balaban J connectivity index is 1.33. The fourth-order valence-corrected chi connectivity index (χ4v) is 4.59. The van der Waals surface area contributed by atoms with Crippen LogP contribution in [0.15, 0.2) is 66.1 Å². The third-order valence-electron chi connectivity index (χ3n) is 5.71. The topological polar surface area (TPSA) is 58.4 Å². The lowest BCUT2D eigenvalue weighted by Gasteiger charge is -2.34. The first-order valence-corrected chi connectivity index (χ1v) is 11.4. The van der Waals surface area contributed by atoms with E-state index in [1.807, 2.05) is 57.0 Å². The number of thioether (sulfide) groups is 1. The second-order valence-electron chi connectivity index (χ2n) is 7.63. The quantitative estimate of drug-likeness (QED) is 0.576. The number of rotatable bonds is 5. The Morgan fingerprint density at radius 2 is 1.65 bits per heavy atom. The Hall–Kier alpha value is -3.06. The van der Waals surface area contributed by atoms with Gasteiger partial charge in [-0.2, -0.15) is 0 Å². The van der Waals surface area contributed by atoms with Gasteiger partial charge in [-0.05, 0) is 43.2 Å². The molecule has 4 rings (SSSR count). The van der Waals surface area contributed by atoms with E-state index in [4.69, 9.17) is 0 Å². The number of aromatic nitrogens is 2. The number of aryl methyl sites for hydroxylation is 1. The molecule has 7 heteroatoms. The third-order valence-corrected chi connectivity index (χ3v) is 6.66. The van der Waals surface area contributed by atoms with Crippen LogP contribution in [0.25, 0.3) is 5.69 Å². The summed E-state index contributed by atoms with van der Waals surface area (Å²) in [6, 6.07) is 15.5. The van der Waals surface area contributed by atoms with Crippen molar-refractivity contribution in [3.63, 3.8) is 0 Å². The summed E-state index contributed by atoms with van der Waals surface area (Å²) in [5, 5.41) is 0.806. The smallest absolute Gasteiger partial charge is 0.253 e. The SMILES string of the molecule is Cc1cccc(-n2ccnc2SCC(=O)N2CCN(C(=O)c3ccccc3)CC2)c1C. The Bertz CT molecular complexity index is 1070. The number of carbonyl (C=O) groups excluding carboxylic acids is 2. The Morgan fingerprint density at radius 3 is 2.39 bits per heavy atom. The molecule has 0 radical (unpaired) electrons. The van der Waals surface area contributed by atoms with Crippen LogP contribution < -0.4 is 0 Å². The van der Waals surface area contributed by atoms with Crippen molar-refractivity contribution in [3.8, 4) is 5.69 Å². The lowest BCUT2D eigenvalue weighted by atomic mass is 10.1. The molecule has 0 saturated carbocycles. The summed E-state index contributed by atoms with van der Waals surface area (Å²) >= 11 is 1.45. The highest BCUT2D eigenvalue weighted by Gasteiger charge is 2.25. The molecule has 0 aliphatic carbocycles. The fraction of sp³-hybridized carbons (Fsp3) is 0.292. The number of carbonyl (C=O) groups is 2. The average molecular weight is 435 g/mol. The van der Waals surface area contributed by atoms with E-state index in [0.717, 1.165) is 10.8 Å². The molecule has 6 nitrogen and oxygen atoms in total. The molecule has 2 heterocycles. The minimum absolute atomic E-state index is 0.0256. The molecule has 3 aromatic rings. The maximum Gasteiger partial charge on any atom is 0.253 e. The zero-order chi connectivity index (χ0) is 21.8. The van der Waals surface area contributed by atoms with Gasteiger partial charge in [-0.25, -0.2) is 4.98 Å². The molecule has 2 aromatic carbocycles. The molecule has 1 aromatic heterocycles. The summed E-state index contributed by atoms with van der Waals surface area (Å²) in [5.41, 5.74) is 4.20. The van der Waals surface area contributed by atoms with E-state index in [1.165, 1.54) is 22.9 Å². The molecule has 1 aliphatic heterocycles. The molecule has 0 bridgehead atoms. The van der Waals surface area contributed by atoms with Crippen molar-refractivity contribution in [2.24, 2.45) is 0 Å². The van der Waals surface area contributed by atoms with E-state index in [9.17, 15) is 9.59 Å². The number of hydrogen-bond acceptors (Lipinski definition) is 4. The van der Waals surface area contributed by atoms with E-state index in [-0.39, 0.29) is 11.8 Å². The maximum absolute atomic E-state index is 12.8. The zero-order valence-corrected chi connectivity index (χ0v) is 18.6. The van der Waals surface area contributed by atoms with E-state index >= 15 is 0 Å². The number of hydrogen-bond donors (Lipinski definition) is 0. The van der Waals surface area contributed by atoms with Crippen LogP contribution in [0.2, 0.25) is 0 Å². The Kier molecular flexibility index (Phi) is 6.42. The van der Waals surface area contributed by atoms with Gasteiger partial charge in [0.2, 0.25) is 5.91 Å². The van der Waals surface area contributed by atoms with Crippen LogP contribution in [0.4, 0.5) is 0 Å². The van der Waals surface area contributed by atoms with Crippen molar-refractivity contribution < 1.29 is 9.59 Å². The molecule has 160 valence electrons. The summed E-state index contributed by atoms with van der Waals surface area (Å²) in [4.78, 5) is 33.5. The Morgan fingerprint density at radius 1 is 0.935 bits per heavy atom. The number of imidazole rings is 1. The first-order chi connectivity index (χ1) is 15.0. The van der Waals surface area contributed by atoms with Gasteiger partial charge in [-0.15, -0.1) is 0 Å². The molecule has 0 atom stereocenters. The van der Waals surface area contributed by atoms with Crippen molar-refractivity contribution in [3.05, 3.63) is 77.6 Å². The molecular weight excluding hydrogens is 408 g/mol. The molecule has 1 aliphatic rings. The molecule has 0 unspecified atom stereocenters. The van der Waals surface area contributed by atoms with Crippen LogP contribution in [0.3, 0.4) is 0 Å².